The molecule has 0 unspecified atom stereocenters. The summed E-state index contributed by atoms with van der Waals surface area (Å²) >= 11 is 11.8. The Bertz CT molecular complexity index is 1330. The summed E-state index contributed by atoms with van der Waals surface area (Å²) in [6.07, 6.45) is 0. The van der Waals surface area contributed by atoms with Gasteiger partial charge in [0.1, 0.15) is 0 Å². The van der Waals surface area contributed by atoms with E-state index in [1.165, 1.54) is 12.1 Å². The number of azo groups is 1. The molecule has 0 spiro atoms. The maximum Gasteiger partial charge on any atom is 0.323 e. The van der Waals surface area contributed by atoms with E-state index in [0.29, 0.717) is 32.3 Å². The number of carbonyl (C=O) groups is 2. The fourth-order valence-electron chi connectivity index (χ4n) is 2.91. The molecule has 4 rings (SSSR count). The number of fused-ring (bicyclic) bond motifs is 1. The van der Waals surface area contributed by atoms with Crippen LogP contribution in [0.15, 0.2) is 77.0 Å². The summed E-state index contributed by atoms with van der Waals surface area (Å²) in [5.74, 6) is -0.831. The first-order chi connectivity index (χ1) is 15.4. The van der Waals surface area contributed by atoms with Crippen molar-refractivity contribution in [2.24, 2.45) is 10.2 Å². The number of H-pyrrole nitrogens is 1. The van der Waals surface area contributed by atoms with Gasteiger partial charge in [-0.15, -0.1) is 10.2 Å². The third kappa shape index (κ3) is 4.88. The van der Waals surface area contributed by atoms with Gasteiger partial charge in [0.05, 0.1) is 5.52 Å². The van der Waals surface area contributed by atoms with Crippen LogP contribution in [0.2, 0.25) is 10.0 Å². The minimum Gasteiger partial charge on any atom is -0.493 e. The molecule has 32 heavy (non-hydrogen) atoms. The molecule has 0 saturated heterocycles. The fraction of sp³-hybridized carbons (Fsp3) is 0. The Morgan fingerprint density at radius 3 is 2.09 bits per heavy atom. The van der Waals surface area contributed by atoms with Crippen molar-refractivity contribution in [3.05, 3.63) is 82.3 Å². The van der Waals surface area contributed by atoms with Crippen LogP contribution in [0.4, 0.5) is 21.9 Å². The maximum absolute atomic E-state index is 12.4. The smallest absolute Gasteiger partial charge is 0.323 e. The predicted octanol–water partition coefficient (Wildman–Crippen LogP) is 6.75. The van der Waals surface area contributed by atoms with Gasteiger partial charge in [0.25, 0.3) is 5.91 Å². The Morgan fingerprint density at radius 2 is 1.44 bits per heavy atom. The number of nitrogens with one attached hydrogen (secondary N) is 3. The number of carbonyl (C=O) groups excluding carboxylic acids is 2. The molecule has 160 valence electrons. The number of nitrogens with zero attached hydrogens (tertiary/aromatic N) is 2. The van der Waals surface area contributed by atoms with Gasteiger partial charge in [0.15, 0.2) is 5.69 Å². The second kappa shape index (κ2) is 9.09. The lowest BCUT2D eigenvalue weighted by Crippen LogP contribution is -2.19. The molecule has 0 aliphatic carbocycles. The highest BCUT2D eigenvalue weighted by atomic mass is 35.5. The Kier molecular flexibility index (Phi) is 6.07. The number of hydrogen-bond acceptors (Lipinski definition) is 4. The quantitative estimate of drug-likeness (QED) is 0.248. The molecule has 0 fully saturated rings. The van der Waals surface area contributed by atoms with Gasteiger partial charge >= 0.3 is 6.03 Å². The van der Waals surface area contributed by atoms with Crippen molar-refractivity contribution in [2.75, 3.05) is 10.6 Å². The molecular formula is C22H15Cl2N5O3. The first kappa shape index (κ1) is 21.4. The molecule has 1 aromatic heterocycles. The van der Waals surface area contributed by atoms with Crippen LogP contribution < -0.4 is 10.6 Å². The van der Waals surface area contributed by atoms with Crippen LogP contribution in [0.25, 0.3) is 10.9 Å². The minimum absolute atomic E-state index is 0.119. The number of aromatic nitrogens is 1. The van der Waals surface area contributed by atoms with Crippen molar-refractivity contribution in [3.8, 4) is 5.88 Å². The Balaban J connectivity index is 1.42. The zero-order valence-electron chi connectivity index (χ0n) is 16.3. The number of hydrogen-bond donors (Lipinski definition) is 4. The van der Waals surface area contributed by atoms with E-state index in [9.17, 15) is 14.7 Å². The maximum atomic E-state index is 12.4. The molecule has 3 aromatic carbocycles. The van der Waals surface area contributed by atoms with Gasteiger partial charge in [-0.2, -0.15) is 0 Å². The molecule has 0 saturated carbocycles. The molecule has 4 aromatic rings. The fourth-order valence-corrected chi connectivity index (χ4v) is 3.21. The lowest BCUT2D eigenvalue weighted by atomic mass is 10.2. The largest absolute Gasteiger partial charge is 0.493 e. The molecule has 1 heterocycles. The summed E-state index contributed by atoms with van der Waals surface area (Å²) < 4.78 is 0. The van der Waals surface area contributed by atoms with Gasteiger partial charge in [0.2, 0.25) is 5.88 Å². The van der Waals surface area contributed by atoms with E-state index in [0.717, 1.165) is 0 Å². The van der Waals surface area contributed by atoms with Crippen molar-refractivity contribution in [1.82, 2.24) is 4.98 Å². The monoisotopic (exact) mass is 467 g/mol. The number of aromatic amines is 1. The molecule has 3 amide bonds. The van der Waals surface area contributed by atoms with Gasteiger partial charge < -0.3 is 20.7 Å². The summed E-state index contributed by atoms with van der Waals surface area (Å²) in [5, 5.41) is 24.5. The number of aromatic hydroxyl groups is 1. The van der Waals surface area contributed by atoms with E-state index in [-0.39, 0.29) is 17.1 Å². The molecule has 0 aliphatic rings. The van der Waals surface area contributed by atoms with Gasteiger partial charge in [-0.05, 0) is 66.7 Å². The first-order valence-corrected chi connectivity index (χ1v) is 10.0. The Morgan fingerprint density at radius 1 is 0.844 bits per heavy atom. The van der Waals surface area contributed by atoms with Crippen LogP contribution in [0.5, 0.6) is 5.88 Å². The van der Waals surface area contributed by atoms with Gasteiger partial charge in [0, 0.05) is 32.4 Å². The molecule has 0 radical (unpaired) electrons. The van der Waals surface area contributed by atoms with Crippen LogP contribution in [-0.2, 0) is 0 Å². The molecule has 4 N–H and O–H groups in total. The average molecular weight is 468 g/mol. The number of amides is 3. The Hall–Kier alpha value is -3.88. The van der Waals surface area contributed by atoms with Gasteiger partial charge in [-0.25, -0.2) is 4.79 Å². The summed E-state index contributed by atoms with van der Waals surface area (Å²) in [5.41, 5.74) is 2.05. The number of halogens is 2. The van der Waals surface area contributed by atoms with Crippen molar-refractivity contribution in [2.45, 2.75) is 0 Å². The predicted molar refractivity (Wildman–Crippen MR) is 124 cm³/mol. The van der Waals surface area contributed by atoms with Crippen molar-refractivity contribution in [3.63, 3.8) is 0 Å². The number of urea groups is 1. The van der Waals surface area contributed by atoms with Crippen molar-refractivity contribution < 1.29 is 14.7 Å². The summed E-state index contributed by atoms with van der Waals surface area (Å²) in [7, 11) is 0. The van der Waals surface area contributed by atoms with Gasteiger partial charge in [-0.3, -0.25) is 4.79 Å². The molecular weight excluding hydrogens is 453 g/mol. The zero-order valence-corrected chi connectivity index (χ0v) is 17.8. The highest BCUT2D eigenvalue weighted by molar-refractivity contribution is 6.31. The lowest BCUT2D eigenvalue weighted by molar-refractivity contribution is 0.0995. The second-order valence-corrected chi connectivity index (χ2v) is 7.55. The lowest BCUT2D eigenvalue weighted by Gasteiger charge is -2.08. The third-order valence-electron chi connectivity index (χ3n) is 4.45. The second-order valence-electron chi connectivity index (χ2n) is 6.68. The molecule has 0 aliphatic heterocycles. The summed E-state index contributed by atoms with van der Waals surface area (Å²) in [6.45, 7) is 0. The first-order valence-electron chi connectivity index (χ1n) is 9.29. The molecule has 8 nitrogen and oxygen atoms in total. The highest BCUT2D eigenvalue weighted by Crippen LogP contribution is 2.36. The SMILES string of the molecule is O=C(Nc1ccc(Cl)cc1)Nc1ccc(C(=O)N=Nc2c(O)[nH]c3ccc(Cl)cc23)cc1. The molecule has 0 bridgehead atoms. The zero-order chi connectivity index (χ0) is 22.7. The van der Waals surface area contributed by atoms with Crippen LogP contribution in [-0.4, -0.2) is 22.0 Å². The third-order valence-corrected chi connectivity index (χ3v) is 4.93. The number of anilines is 2. The van der Waals surface area contributed by atoms with E-state index < -0.39 is 11.9 Å². The Labute approximate surface area is 191 Å². The van der Waals surface area contributed by atoms with Crippen LogP contribution >= 0.6 is 23.2 Å². The van der Waals surface area contributed by atoms with Gasteiger partial charge in [-0.1, -0.05) is 23.2 Å². The van der Waals surface area contributed by atoms with E-state index in [4.69, 9.17) is 23.2 Å². The van der Waals surface area contributed by atoms with Crippen LogP contribution in [0.3, 0.4) is 0 Å². The molecule has 10 heteroatoms. The number of benzene rings is 3. The van der Waals surface area contributed by atoms with Crippen LogP contribution in [0.1, 0.15) is 10.4 Å². The minimum atomic E-state index is -0.613. The van der Waals surface area contributed by atoms with Crippen LogP contribution in [0, 0.1) is 0 Å². The van der Waals surface area contributed by atoms with E-state index in [2.05, 4.69) is 25.8 Å². The average Bonchev–Trinajstić information content (AvgIpc) is 3.08. The summed E-state index contributed by atoms with van der Waals surface area (Å²) in [6, 6.07) is 17.3. The normalized spacial score (nSPS) is 11.1. The van der Waals surface area contributed by atoms with E-state index in [1.807, 2.05) is 0 Å². The molecule has 0 atom stereocenters. The summed E-state index contributed by atoms with van der Waals surface area (Å²) in [4.78, 5) is 27.2. The van der Waals surface area contributed by atoms with E-state index >= 15 is 0 Å². The standard InChI is InChI=1S/C22H15Cl2N5O3/c23-13-3-8-16(9-4-13)26-22(32)25-15-6-1-12(2-7-15)20(30)29-28-19-17-11-14(24)5-10-18(17)27-21(19)31/h1-11,27,31H,(H2,25,26,32). The highest BCUT2D eigenvalue weighted by Gasteiger charge is 2.12. The van der Waals surface area contributed by atoms with Crippen molar-refractivity contribution >= 4 is 63.1 Å². The number of rotatable bonds is 4. The topological polar surface area (TPSA) is 119 Å². The van der Waals surface area contributed by atoms with E-state index in [1.54, 1.807) is 54.6 Å². The van der Waals surface area contributed by atoms with Crippen molar-refractivity contribution in [1.29, 1.82) is 0 Å².